The quantitative estimate of drug-likeness (QED) is 0.618. The zero-order chi connectivity index (χ0) is 15.4. The molecule has 21 heavy (non-hydrogen) atoms. The fourth-order valence-corrected chi connectivity index (χ4v) is 3.21. The number of hydrogen-bond donors (Lipinski definition) is 1. The van der Waals surface area contributed by atoms with Gasteiger partial charge in [0.05, 0.1) is 22.4 Å². The molecule has 2 rings (SSSR count). The van der Waals surface area contributed by atoms with Crippen LogP contribution in [0.5, 0.6) is 0 Å². The molecule has 2 aromatic rings. The Morgan fingerprint density at radius 2 is 1.95 bits per heavy atom. The topological polar surface area (TPSA) is 29.9 Å². The van der Waals surface area contributed by atoms with Crippen LogP contribution < -0.4 is 5.32 Å². The summed E-state index contributed by atoms with van der Waals surface area (Å²) in [6.45, 7) is 7.49. The third kappa shape index (κ3) is 4.07. The Balaban J connectivity index is 2.45. The number of halogens is 2. The summed E-state index contributed by atoms with van der Waals surface area (Å²) in [4.78, 5) is 0. The Morgan fingerprint density at radius 3 is 2.52 bits per heavy atom. The summed E-state index contributed by atoms with van der Waals surface area (Å²) in [5.74, 6) is 0. The molecule has 3 nitrogen and oxygen atoms in total. The van der Waals surface area contributed by atoms with Gasteiger partial charge < -0.3 is 5.32 Å². The summed E-state index contributed by atoms with van der Waals surface area (Å²) < 4.78 is 4.40. The monoisotopic (exact) mass is 461 g/mol. The zero-order valence-corrected chi connectivity index (χ0v) is 16.3. The average molecular weight is 462 g/mol. The summed E-state index contributed by atoms with van der Waals surface area (Å²) in [6, 6.07) is 9.18. The Morgan fingerprint density at radius 1 is 1.29 bits per heavy atom. The molecule has 0 amide bonds. The van der Waals surface area contributed by atoms with Gasteiger partial charge in [0.25, 0.3) is 0 Å². The molecule has 1 aromatic carbocycles. The highest BCUT2D eigenvalue weighted by molar-refractivity contribution is 14.1. The van der Waals surface area contributed by atoms with Gasteiger partial charge in [-0.1, -0.05) is 19.1 Å². The maximum absolute atomic E-state index is 4.52. The zero-order valence-electron chi connectivity index (χ0n) is 12.6. The van der Waals surface area contributed by atoms with E-state index in [2.05, 4.69) is 98.7 Å². The van der Waals surface area contributed by atoms with Crippen molar-refractivity contribution in [3.8, 4) is 0 Å². The third-order valence-corrected chi connectivity index (χ3v) is 4.68. The fourth-order valence-electron chi connectivity index (χ4n) is 2.35. The molecule has 1 unspecified atom stereocenters. The van der Waals surface area contributed by atoms with Gasteiger partial charge in [-0.3, -0.25) is 4.68 Å². The van der Waals surface area contributed by atoms with Crippen molar-refractivity contribution in [2.75, 3.05) is 6.54 Å². The molecule has 0 aliphatic rings. The molecule has 1 heterocycles. The first-order valence-corrected chi connectivity index (χ1v) is 9.13. The lowest BCUT2D eigenvalue weighted by molar-refractivity contribution is 0.470. The van der Waals surface area contributed by atoms with Crippen LogP contribution in [0.15, 0.2) is 34.9 Å². The average Bonchev–Trinajstić information content (AvgIpc) is 2.83. The highest BCUT2D eigenvalue weighted by Gasteiger charge is 2.22. The molecular formula is C16H21BrIN3. The highest BCUT2D eigenvalue weighted by Crippen LogP contribution is 2.30. The van der Waals surface area contributed by atoms with E-state index in [4.69, 9.17) is 0 Å². The molecule has 0 aliphatic carbocycles. The molecule has 1 N–H and O–H groups in total. The molecule has 0 radical (unpaired) electrons. The van der Waals surface area contributed by atoms with Crippen molar-refractivity contribution in [3.05, 3.63) is 49.8 Å². The van der Waals surface area contributed by atoms with Crippen molar-refractivity contribution < 1.29 is 0 Å². The van der Waals surface area contributed by atoms with E-state index in [9.17, 15) is 0 Å². The maximum atomic E-state index is 4.52. The number of benzene rings is 1. The van der Waals surface area contributed by atoms with E-state index in [0.717, 1.165) is 17.4 Å². The Labute approximate surface area is 148 Å². The van der Waals surface area contributed by atoms with Gasteiger partial charge in [-0.2, -0.15) is 5.10 Å². The van der Waals surface area contributed by atoms with Crippen LogP contribution in [0, 0.1) is 3.57 Å². The van der Waals surface area contributed by atoms with Crippen LogP contribution in [0.3, 0.4) is 0 Å². The van der Waals surface area contributed by atoms with Gasteiger partial charge in [-0.25, -0.2) is 0 Å². The van der Waals surface area contributed by atoms with Gasteiger partial charge in [0.15, 0.2) is 0 Å². The van der Waals surface area contributed by atoms with Crippen molar-refractivity contribution in [1.29, 1.82) is 0 Å². The first kappa shape index (κ1) is 17.0. The normalized spacial score (nSPS) is 12.9. The summed E-state index contributed by atoms with van der Waals surface area (Å²) in [5, 5.41) is 8.17. The number of nitrogens with zero attached hydrogens (tertiary/aromatic N) is 2. The lowest BCUT2D eigenvalue weighted by Gasteiger charge is -2.23. The Bertz CT molecular complexity index is 578. The van der Waals surface area contributed by atoms with Crippen LogP contribution in [0.1, 0.15) is 50.5 Å². The molecular weight excluding hydrogens is 441 g/mol. The van der Waals surface area contributed by atoms with Crippen molar-refractivity contribution in [3.63, 3.8) is 0 Å². The first-order chi connectivity index (χ1) is 10.0. The predicted octanol–water partition coefficient (Wildman–Crippen LogP) is 4.92. The van der Waals surface area contributed by atoms with Crippen LogP contribution in [-0.4, -0.2) is 16.3 Å². The second kappa shape index (κ2) is 7.74. The molecule has 5 heteroatoms. The van der Waals surface area contributed by atoms with Crippen LogP contribution in [0.4, 0.5) is 0 Å². The van der Waals surface area contributed by atoms with Gasteiger partial charge in [-0.05, 0) is 83.0 Å². The van der Waals surface area contributed by atoms with E-state index in [1.54, 1.807) is 0 Å². The molecule has 1 atom stereocenters. The van der Waals surface area contributed by atoms with Crippen LogP contribution in [0.25, 0.3) is 0 Å². The van der Waals surface area contributed by atoms with Gasteiger partial charge >= 0.3 is 0 Å². The summed E-state index contributed by atoms with van der Waals surface area (Å²) >= 11 is 6.00. The smallest absolute Gasteiger partial charge is 0.0760 e. The van der Waals surface area contributed by atoms with E-state index < -0.39 is 0 Å². The van der Waals surface area contributed by atoms with Crippen LogP contribution >= 0.6 is 38.5 Å². The standard InChI is InChI=1S/C16H21BrIN3/c1-4-9-19-15(12-5-7-13(18)8-6-12)16-14(17)10-20-21(16)11(2)3/h5-8,10-11,15,19H,4,9H2,1-3H3. The Kier molecular flexibility index (Phi) is 6.25. The van der Waals surface area contributed by atoms with Crippen molar-refractivity contribution >= 4 is 38.5 Å². The van der Waals surface area contributed by atoms with Crippen molar-refractivity contribution in [1.82, 2.24) is 15.1 Å². The summed E-state index contributed by atoms with van der Waals surface area (Å²) in [5.41, 5.74) is 2.46. The van der Waals surface area contributed by atoms with E-state index >= 15 is 0 Å². The number of nitrogens with one attached hydrogen (secondary N) is 1. The summed E-state index contributed by atoms with van der Waals surface area (Å²) in [6.07, 6.45) is 3.00. The molecule has 0 aliphatic heterocycles. The van der Waals surface area contributed by atoms with Gasteiger partial charge in [0.1, 0.15) is 0 Å². The van der Waals surface area contributed by atoms with E-state index in [-0.39, 0.29) is 6.04 Å². The predicted molar refractivity (Wildman–Crippen MR) is 99.6 cm³/mol. The largest absolute Gasteiger partial charge is 0.305 e. The summed E-state index contributed by atoms with van der Waals surface area (Å²) in [7, 11) is 0. The number of rotatable bonds is 6. The lowest BCUT2D eigenvalue weighted by Crippen LogP contribution is -2.26. The third-order valence-electron chi connectivity index (χ3n) is 3.35. The van der Waals surface area contributed by atoms with E-state index in [1.807, 2.05) is 6.20 Å². The molecule has 0 fully saturated rings. The molecule has 0 bridgehead atoms. The second-order valence-electron chi connectivity index (χ2n) is 5.35. The molecule has 0 spiro atoms. The van der Waals surface area contributed by atoms with Crippen molar-refractivity contribution in [2.45, 2.75) is 39.3 Å². The molecule has 0 saturated heterocycles. The lowest BCUT2D eigenvalue weighted by atomic mass is 10.0. The van der Waals surface area contributed by atoms with E-state index in [0.29, 0.717) is 6.04 Å². The van der Waals surface area contributed by atoms with Gasteiger partial charge in [0.2, 0.25) is 0 Å². The molecule has 0 saturated carbocycles. The van der Waals surface area contributed by atoms with Crippen molar-refractivity contribution in [2.24, 2.45) is 0 Å². The molecule has 1 aromatic heterocycles. The minimum Gasteiger partial charge on any atom is -0.305 e. The highest BCUT2D eigenvalue weighted by atomic mass is 127. The van der Waals surface area contributed by atoms with Gasteiger partial charge in [-0.15, -0.1) is 0 Å². The molecule has 114 valence electrons. The fraction of sp³-hybridized carbons (Fsp3) is 0.438. The minimum atomic E-state index is 0.154. The van der Waals surface area contributed by atoms with Crippen LogP contribution in [-0.2, 0) is 0 Å². The second-order valence-corrected chi connectivity index (χ2v) is 7.45. The number of hydrogen-bond acceptors (Lipinski definition) is 2. The minimum absolute atomic E-state index is 0.154. The number of aromatic nitrogens is 2. The SMILES string of the molecule is CCCNC(c1ccc(I)cc1)c1c(Br)cnn1C(C)C. The van der Waals surface area contributed by atoms with Crippen LogP contribution in [0.2, 0.25) is 0 Å². The van der Waals surface area contributed by atoms with E-state index in [1.165, 1.54) is 14.8 Å². The van der Waals surface area contributed by atoms with Gasteiger partial charge in [0, 0.05) is 9.61 Å². The maximum Gasteiger partial charge on any atom is 0.0760 e. The Hall–Kier alpha value is -0.400. The first-order valence-electron chi connectivity index (χ1n) is 7.26.